The van der Waals surface area contributed by atoms with Crippen LogP contribution < -0.4 is 40.6 Å². The number of amides is 1. The van der Waals surface area contributed by atoms with Crippen molar-refractivity contribution in [2.24, 2.45) is 5.73 Å². The Labute approximate surface area is 755 Å². The zero-order chi connectivity index (χ0) is 85.7. The minimum absolute atomic E-state index is 0. The van der Waals surface area contributed by atoms with Gasteiger partial charge in [-0.1, -0.05) is 79.7 Å². The Bertz CT molecular complexity index is 5580. The summed E-state index contributed by atoms with van der Waals surface area (Å²) in [5, 5.41) is 12.4. The summed E-state index contributed by atoms with van der Waals surface area (Å²) in [4.78, 5) is 103. The van der Waals surface area contributed by atoms with E-state index in [2.05, 4.69) is 161 Å². The second-order valence-corrected chi connectivity index (χ2v) is 29.7. The number of hydrogen-bond acceptors (Lipinski definition) is 20. The molecule has 0 radical (unpaired) electrons. The van der Waals surface area contributed by atoms with Crippen LogP contribution in [-0.2, 0) is 35.3 Å². The number of hydrogen-bond donors (Lipinski definition) is 4. The van der Waals surface area contributed by atoms with Crippen molar-refractivity contribution in [2.45, 2.75) is 134 Å². The maximum Gasteiger partial charge on any atom is 1.00 e. The number of H-pyrrole nitrogens is 1. The van der Waals surface area contributed by atoms with E-state index in [1.165, 1.54) is 14.2 Å². The Balaban J connectivity index is 0.000000232. The van der Waals surface area contributed by atoms with Gasteiger partial charge in [0.15, 0.2) is 0 Å². The fourth-order valence-electron chi connectivity index (χ4n) is 11.5. The average Bonchev–Trinajstić information content (AvgIpc) is 1.09. The summed E-state index contributed by atoms with van der Waals surface area (Å²) < 4.78 is 16.6. The number of carbonyl (C=O) groups excluding carboxylic acids is 3. The number of ether oxygens (including phenoxy) is 2. The van der Waals surface area contributed by atoms with Gasteiger partial charge >= 0.3 is 80.6 Å². The number of carbonyl (C=O) groups is 4. The molecule has 30 heteroatoms. The number of benzene rings is 4. The van der Waals surface area contributed by atoms with Crippen molar-refractivity contribution in [3.05, 3.63) is 315 Å². The molecule has 120 heavy (non-hydrogen) atoms. The van der Waals surface area contributed by atoms with Crippen molar-refractivity contribution < 1.29 is 81.6 Å². The van der Waals surface area contributed by atoms with Crippen LogP contribution >= 0.6 is 42.9 Å². The molecule has 1 amide bonds. The van der Waals surface area contributed by atoms with Gasteiger partial charge in [-0.2, -0.15) is 0 Å². The van der Waals surface area contributed by atoms with Crippen LogP contribution in [0.3, 0.4) is 0 Å². The van der Waals surface area contributed by atoms with Gasteiger partial charge in [-0.3, -0.25) is 44.7 Å². The Hall–Kier alpha value is -10.7. The number of carboxylic acid groups (broad SMARTS) is 1. The van der Waals surface area contributed by atoms with Gasteiger partial charge in [-0.25, -0.2) is 34.3 Å². The molecule has 10 heterocycles. The number of nitrogens with one attached hydrogen (secondary N) is 2. The molecule has 6 N–H and O–H groups in total. The number of pyridine rings is 4. The molecule has 10 aromatic heterocycles. The van der Waals surface area contributed by atoms with Crippen LogP contribution in [0, 0.1) is 45.1 Å². The molecule has 0 fully saturated rings. The number of carboxylic acids is 1. The van der Waals surface area contributed by atoms with Crippen LogP contribution in [0.15, 0.2) is 220 Å². The molecule has 622 valence electrons. The molecule has 26 nitrogen and oxygen atoms in total. The van der Waals surface area contributed by atoms with Gasteiger partial charge in [-0.05, 0) is 183 Å². The van der Waals surface area contributed by atoms with E-state index in [9.17, 15) is 24.3 Å². The molecule has 0 atom stereocenters. The number of aromatic amines is 1. The zero-order valence-electron chi connectivity index (χ0n) is 70.2. The van der Waals surface area contributed by atoms with E-state index >= 15 is 0 Å². The first-order valence-corrected chi connectivity index (χ1v) is 41.8. The summed E-state index contributed by atoms with van der Waals surface area (Å²) in [6.07, 6.45) is 28.6. The maximum atomic E-state index is 13.1. The molecule has 0 aliphatic carbocycles. The van der Waals surface area contributed by atoms with E-state index in [4.69, 9.17) is 15.2 Å². The van der Waals surface area contributed by atoms with E-state index in [1.54, 1.807) is 106 Å². The number of aryl methyl sites for hydroxylation is 6. The first-order valence-electron chi connectivity index (χ1n) is 37.7. The molecule has 0 unspecified atom stereocenters. The minimum atomic E-state index is -0.962. The van der Waals surface area contributed by atoms with Crippen molar-refractivity contribution in [1.29, 1.82) is 0 Å². The molecule has 4 aromatic carbocycles. The Morgan fingerprint density at radius 2 is 0.800 bits per heavy atom. The SMILES string of the molecule is CC(C)c1ncc[nH]1.COC(=O)c1cc(-c2ccc(C)cn2)cc(-n2ccnc2C(C)C)c1.COC(=O)c1cc(I)cc(-c2ccc(C)cn2)c1.Cc1ccc(-c2cc(C(=O)NCc3cnc(C)cn3)cc(-n3ccnc3C(C)C)c2)nc1.Cc1ccc(-c2cc(C(=O)O)cc(-n3ccnc3C(C)C)c2)nc1.Cc1cnc(CN)cn1.[Cu][I].[Na+].[OH-]. The van der Waals surface area contributed by atoms with Crippen LogP contribution in [0.1, 0.15) is 189 Å². The summed E-state index contributed by atoms with van der Waals surface area (Å²) in [7, 11) is 2.77. The summed E-state index contributed by atoms with van der Waals surface area (Å²) in [5.74, 6) is 3.21. The summed E-state index contributed by atoms with van der Waals surface area (Å²) in [5.41, 5.74) is 23.9. The van der Waals surface area contributed by atoms with Crippen LogP contribution in [0.25, 0.3) is 62.1 Å². The minimum Gasteiger partial charge on any atom is -0.870 e. The molecular weight excluding hydrogens is 1800 g/mol. The van der Waals surface area contributed by atoms with Crippen LogP contribution in [0.2, 0.25) is 0 Å². The predicted molar refractivity (Wildman–Crippen MR) is 475 cm³/mol. The van der Waals surface area contributed by atoms with Crippen molar-refractivity contribution in [1.82, 2.24) is 83.8 Å². The second kappa shape index (κ2) is 48.5. The van der Waals surface area contributed by atoms with Gasteiger partial charge in [-0.15, -0.1) is 0 Å². The van der Waals surface area contributed by atoms with Crippen molar-refractivity contribution in [3.63, 3.8) is 0 Å². The standard InChI is InChI=1S/C25H26N6O.C20H21N3O2.C19H19N3O2.C14H12INO2.C6H9N3.C6H10N2.Cu.HI.Na.H2O/c1-16(2)24-26-7-8-31(24)22-10-19(23-6-5-17(3)12-29-23)9-20(11-22)25(32)30-15-21-14-27-18(4)13-28-21;1-13(2)19-21-7-8-23(19)17-10-15(9-16(11-17)20(24)25-4)18-6-5-14(3)12-22-18;1-12(2)18-20-6-7-22(18)16-9-14(8-15(10-16)19(23)24)17-5-4-13(3)11-21-17;1-9-3-4-13(16-8-9)10-5-11(14(17)18-2)7-12(15)6-10;1-5-3-9-6(2-7)4-8-5;1-5(2)6-7-3-4-8-6;;;;/h5-14,16H,15H2,1-4H3,(H,30,32);5-13H,1-4H3;4-12H,1-3H3,(H,23,24);3-8H,1-2H3;3-4H,2,7H2,1H3;3-5H,1-2H3,(H,7,8);;1H;;1H2/q;;;;;;+1;;+1;/p-2. The molecule has 14 rings (SSSR count). The van der Waals surface area contributed by atoms with E-state index in [0.29, 0.717) is 41.4 Å². The van der Waals surface area contributed by atoms with Gasteiger partial charge in [0.05, 0.1) is 89.2 Å². The number of rotatable bonds is 18. The summed E-state index contributed by atoms with van der Waals surface area (Å²) in [6, 6.07) is 38.0. The largest absolute Gasteiger partial charge is 1.00 e. The molecule has 0 spiro atoms. The van der Waals surface area contributed by atoms with E-state index in [1.807, 2.05) is 190 Å². The molecule has 0 saturated carbocycles. The number of aromatic nitrogens is 16. The monoisotopic (exact) mass is 1900 g/mol. The van der Waals surface area contributed by atoms with Gasteiger partial charge in [0.2, 0.25) is 0 Å². The molecule has 0 aliphatic heterocycles. The normalized spacial score (nSPS) is 10.4. The van der Waals surface area contributed by atoms with Gasteiger partial charge in [0, 0.05) is 172 Å². The number of nitrogens with zero attached hydrogens (tertiary/aromatic N) is 15. The van der Waals surface area contributed by atoms with Crippen molar-refractivity contribution in [3.8, 4) is 62.1 Å². The predicted octanol–water partition coefficient (Wildman–Crippen LogP) is 15.5. The van der Waals surface area contributed by atoms with Gasteiger partial charge in [0.25, 0.3) is 5.91 Å². The smallest absolute Gasteiger partial charge is 0.870 e. The number of aromatic carboxylic acids is 1. The number of nitrogens with two attached hydrogens (primary N) is 1. The number of methoxy groups -OCH3 is 2. The third-order valence-corrected chi connectivity index (χ3v) is 18.2. The Kier molecular flexibility index (Phi) is 39.6. The van der Waals surface area contributed by atoms with Crippen molar-refractivity contribution in [2.75, 3.05) is 14.2 Å². The maximum absolute atomic E-state index is 13.1. The van der Waals surface area contributed by atoms with Gasteiger partial charge in [0.1, 0.15) is 23.3 Å². The number of esters is 2. The Morgan fingerprint density at radius 1 is 0.442 bits per heavy atom. The summed E-state index contributed by atoms with van der Waals surface area (Å²) in [6.45, 7) is 29.2. The van der Waals surface area contributed by atoms with Crippen LogP contribution in [0.5, 0.6) is 0 Å². The van der Waals surface area contributed by atoms with Crippen LogP contribution in [-0.4, -0.2) is 127 Å². The first-order chi connectivity index (χ1) is 56.6. The van der Waals surface area contributed by atoms with E-state index in [0.717, 1.165) is 128 Å². The zero-order valence-corrected chi connectivity index (χ0v) is 77.5. The fraction of sp³-hybridized carbons (Fsp3) is 0.244. The average molecular weight is 1900 g/mol. The van der Waals surface area contributed by atoms with Gasteiger partial charge < -0.3 is 49.8 Å². The Morgan fingerprint density at radius 3 is 1.12 bits per heavy atom. The third kappa shape index (κ3) is 28.7. The topological polar surface area (TPSA) is 360 Å². The molecule has 14 aromatic rings. The molecule has 0 bridgehead atoms. The quantitative estimate of drug-likeness (QED) is 0.0352. The molecular formula is C90H98CuI2N18NaO8. The first kappa shape index (κ1) is 98.1. The number of halogens is 2. The number of imidazole rings is 4. The van der Waals surface area contributed by atoms with E-state index in [-0.39, 0.29) is 76.2 Å². The fourth-order valence-corrected chi connectivity index (χ4v) is 12.2. The van der Waals surface area contributed by atoms with Crippen molar-refractivity contribution >= 4 is 66.8 Å². The molecule has 0 aliphatic rings. The summed E-state index contributed by atoms with van der Waals surface area (Å²) >= 11 is 8.05. The third-order valence-electron chi connectivity index (χ3n) is 17.6. The van der Waals surface area contributed by atoms with E-state index < -0.39 is 5.97 Å². The van der Waals surface area contributed by atoms with Crippen LogP contribution in [0.4, 0.5) is 0 Å². The second-order valence-electron chi connectivity index (χ2n) is 28.5. The molecule has 0 saturated heterocycles.